The Morgan fingerprint density at radius 3 is 2.40 bits per heavy atom. The molecule has 0 aromatic carbocycles. The predicted octanol–water partition coefficient (Wildman–Crippen LogP) is 4.30. The monoisotopic (exact) mass is 282 g/mol. The van der Waals surface area contributed by atoms with E-state index in [9.17, 15) is 0 Å². The molecule has 0 aliphatic heterocycles. The van der Waals surface area contributed by atoms with Crippen molar-refractivity contribution in [2.45, 2.75) is 85.2 Å². The van der Waals surface area contributed by atoms with Gasteiger partial charge in [-0.25, -0.2) is 0 Å². The van der Waals surface area contributed by atoms with Crippen LogP contribution in [-0.2, 0) is 0 Å². The molecule has 0 heterocycles. The van der Waals surface area contributed by atoms with Crippen molar-refractivity contribution in [2.24, 2.45) is 11.8 Å². The third-order valence-corrected chi connectivity index (χ3v) is 4.75. The van der Waals surface area contributed by atoms with Gasteiger partial charge in [0.1, 0.15) is 0 Å². The van der Waals surface area contributed by atoms with Crippen LogP contribution in [-0.4, -0.2) is 36.6 Å². The van der Waals surface area contributed by atoms with Crippen molar-refractivity contribution in [3.05, 3.63) is 0 Å². The van der Waals surface area contributed by atoms with Gasteiger partial charge in [-0.3, -0.25) is 4.90 Å². The van der Waals surface area contributed by atoms with Crippen molar-refractivity contribution < 1.29 is 0 Å². The van der Waals surface area contributed by atoms with Crippen LogP contribution in [0.15, 0.2) is 0 Å². The number of likely N-dealkylation sites (N-methyl/N-ethyl adjacent to an activating group) is 1. The van der Waals surface area contributed by atoms with Crippen LogP contribution in [0.4, 0.5) is 0 Å². The Morgan fingerprint density at radius 2 is 1.85 bits per heavy atom. The summed E-state index contributed by atoms with van der Waals surface area (Å²) in [6, 6.07) is 1.49. The van der Waals surface area contributed by atoms with Crippen LogP contribution in [0.1, 0.15) is 73.1 Å². The molecular weight excluding hydrogens is 244 g/mol. The standard InChI is InChI=1S/C18H38N2/c1-6-9-16-10-11-17(19-12-7-2)18(13-16)20(8-3)14-15(4)5/h15-19H,6-14H2,1-5H3. The van der Waals surface area contributed by atoms with Crippen LogP contribution >= 0.6 is 0 Å². The number of hydrogen-bond donors (Lipinski definition) is 1. The number of rotatable bonds is 9. The Balaban J connectivity index is 2.67. The Labute approximate surface area is 127 Å². The molecule has 0 bridgehead atoms. The molecule has 0 aromatic heterocycles. The van der Waals surface area contributed by atoms with E-state index in [1.165, 1.54) is 58.2 Å². The summed E-state index contributed by atoms with van der Waals surface area (Å²) in [7, 11) is 0. The minimum atomic E-state index is 0.724. The first-order chi connectivity index (χ1) is 9.62. The normalized spacial score (nSPS) is 27.4. The van der Waals surface area contributed by atoms with E-state index in [-0.39, 0.29) is 0 Å². The number of nitrogens with zero attached hydrogens (tertiary/aromatic N) is 1. The van der Waals surface area contributed by atoms with Crippen LogP contribution in [0.2, 0.25) is 0 Å². The molecule has 1 fully saturated rings. The molecule has 0 spiro atoms. The molecule has 0 aromatic rings. The Hall–Kier alpha value is -0.0800. The van der Waals surface area contributed by atoms with Crippen LogP contribution in [0, 0.1) is 11.8 Å². The minimum absolute atomic E-state index is 0.724. The van der Waals surface area contributed by atoms with Crippen molar-refractivity contribution in [3.8, 4) is 0 Å². The molecule has 2 heteroatoms. The zero-order valence-corrected chi connectivity index (χ0v) is 14.6. The van der Waals surface area contributed by atoms with Gasteiger partial charge in [0, 0.05) is 18.6 Å². The summed E-state index contributed by atoms with van der Waals surface area (Å²) in [5.74, 6) is 1.74. The first-order valence-corrected chi connectivity index (χ1v) is 9.09. The Morgan fingerprint density at radius 1 is 1.10 bits per heavy atom. The second-order valence-electron chi connectivity index (χ2n) is 7.08. The lowest BCUT2D eigenvalue weighted by molar-refractivity contribution is 0.0882. The molecule has 0 saturated heterocycles. The van der Waals surface area contributed by atoms with Gasteiger partial charge in [-0.15, -0.1) is 0 Å². The van der Waals surface area contributed by atoms with Gasteiger partial charge in [0.05, 0.1) is 0 Å². The zero-order chi connectivity index (χ0) is 15.0. The lowest BCUT2D eigenvalue weighted by Crippen LogP contribution is -2.54. The Kier molecular flexibility index (Phi) is 8.79. The molecule has 120 valence electrons. The molecule has 1 rings (SSSR count). The van der Waals surface area contributed by atoms with Crippen molar-refractivity contribution >= 4 is 0 Å². The molecular formula is C18H38N2. The van der Waals surface area contributed by atoms with Crippen molar-refractivity contribution in [3.63, 3.8) is 0 Å². The first kappa shape index (κ1) is 18.0. The second kappa shape index (κ2) is 9.78. The van der Waals surface area contributed by atoms with Crippen LogP contribution in [0.5, 0.6) is 0 Å². The largest absolute Gasteiger partial charge is 0.312 e. The van der Waals surface area contributed by atoms with Gasteiger partial charge in [0.2, 0.25) is 0 Å². The average Bonchev–Trinajstić information content (AvgIpc) is 2.43. The van der Waals surface area contributed by atoms with Crippen molar-refractivity contribution in [1.29, 1.82) is 0 Å². The number of nitrogens with one attached hydrogen (secondary N) is 1. The molecule has 1 aliphatic rings. The molecule has 0 amide bonds. The van der Waals surface area contributed by atoms with E-state index in [4.69, 9.17) is 0 Å². The summed E-state index contributed by atoms with van der Waals surface area (Å²) >= 11 is 0. The molecule has 20 heavy (non-hydrogen) atoms. The molecule has 3 unspecified atom stereocenters. The molecule has 1 aliphatic carbocycles. The van der Waals surface area contributed by atoms with Gasteiger partial charge >= 0.3 is 0 Å². The average molecular weight is 283 g/mol. The lowest BCUT2D eigenvalue weighted by Gasteiger charge is -2.43. The summed E-state index contributed by atoms with van der Waals surface area (Å²) < 4.78 is 0. The van der Waals surface area contributed by atoms with Crippen LogP contribution in [0.25, 0.3) is 0 Å². The maximum Gasteiger partial charge on any atom is 0.0251 e. The maximum absolute atomic E-state index is 3.83. The zero-order valence-electron chi connectivity index (χ0n) is 14.6. The highest BCUT2D eigenvalue weighted by Gasteiger charge is 2.33. The highest BCUT2D eigenvalue weighted by molar-refractivity contribution is 4.91. The van der Waals surface area contributed by atoms with Crippen molar-refractivity contribution in [2.75, 3.05) is 19.6 Å². The summed E-state index contributed by atoms with van der Waals surface area (Å²) in [5, 5.41) is 3.83. The molecule has 1 N–H and O–H groups in total. The predicted molar refractivity (Wildman–Crippen MR) is 90.2 cm³/mol. The highest BCUT2D eigenvalue weighted by Crippen LogP contribution is 2.31. The summed E-state index contributed by atoms with van der Waals surface area (Å²) in [5.41, 5.74) is 0. The third-order valence-electron chi connectivity index (χ3n) is 4.75. The van der Waals surface area contributed by atoms with Gasteiger partial charge in [-0.05, 0) is 50.6 Å². The fourth-order valence-electron chi connectivity index (χ4n) is 3.84. The summed E-state index contributed by atoms with van der Waals surface area (Å²) in [6.45, 7) is 15.3. The van der Waals surface area contributed by atoms with Gasteiger partial charge in [-0.1, -0.05) is 47.5 Å². The maximum atomic E-state index is 3.83. The van der Waals surface area contributed by atoms with Gasteiger partial charge in [0.15, 0.2) is 0 Å². The van der Waals surface area contributed by atoms with Crippen LogP contribution in [0.3, 0.4) is 0 Å². The fraction of sp³-hybridized carbons (Fsp3) is 1.00. The Bertz CT molecular complexity index is 240. The van der Waals surface area contributed by atoms with E-state index >= 15 is 0 Å². The third kappa shape index (κ3) is 5.73. The quantitative estimate of drug-likeness (QED) is 0.678. The molecule has 2 nitrogen and oxygen atoms in total. The highest BCUT2D eigenvalue weighted by atomic mass is 15.2. The minimum Gasteiger partial charge on any atom is -0.312 e. The molecule has 1 saturated carbocycles. The van der Waals surface area contributed by atoms with E-state index in [1.807, 2.05) is 0 Å². The molecule has 3 atom stereocenters. The fourth-order valence-corrected chi connectivity index (χ4v) is 3.84. The van der Waals surface area contributed by atoms with Gasteiger partial charge in [-0.2, -0.15) is 0 Å². The lowest BCUT2D eigenvalue weighted by atomic mass is 9.79. The second-order valence-corrected chi connectivity index (χ2v) is 7.08. The smallest absolute Gasteiger partial charge is 0.0251 e. The van der Waals surface area contributed by atoms with E-state index < -0.39 is 0 Å². The first-order valence-electron chi connectivity index (χ1n) is 9.09. The SMILES string of the molecule is CCCNC1CCC(CCC)CC1N(CC)CC(C)C. The number of hydrogen-bond acceptors (Lipinski definition) is 2. The van der Waals surface area contributed by atoms with E-state index in [0.29, 0.717) is 0 Å². The van der Waals surface area contributed by atoms with Crippen LogP contribution < -0.4 is 5.32 Å². The topological polar surface area (TPSA) is 15.3 Å². The summed E-state index contributed by atoms with van der Waals surface area (Å²) in [6.07, 6.45) is 8.25. The summed E-state index contributed by atoms with van der Waals surface area (Å²) in [4.78, 5) is 2.75. The van der Waals surface area contributed by atoms with Crippen molar-refractivity contribution in [1.82, 2.24) is 10.2 Å². The molecule has 0 radical (unpaired) electrons. The van der Waals surface area contributed by atoms with Gasteiger partial charge < -0.3 is 5.32 Å². The van der Waals surface area contributed by atoms with E-state index in [0.717, 1.165) is 23.9 Å². The van der Waals surface area contributed by atoms with E-state index in [1.54, 1.807) is 0 Å². The van der Waals surface area contributed by atoms with Gasteiger partial charge in [0.25, 0.3) is 0 Å². The van der Waals surface area contributed by atoms with E-state index in [2.05, 4.69) is 44.8 Å².